The van der Waals surface area contributed by atoms with E-state index in [1.54, 1.807) is 0 Å². The smallest absolute Gasteiger partial charge is 0.0113 e. The van der Waals surface area contributed by atoms with Crippen LogP contribution in [-0.4, -0.2) is 54.3 Å². The summed E-state index contributed by atoms with van der Waals surface area (Å²) in [5, 5.41) is 0. The summed E-state index contributed by atoms with van der Waals surface area (Å²) in [6, 6.07) is 0.771. The topological polar surface area (TPSA) is 6.48 Å². The summed E-state index contributed by atoms with van der Waals surface area (Å²) in [6.45, 7) is 11.0. The number of thiol groups is 1. The van der Waals surface area contributed by atoms with Crippen molar-refractivity contribution >= 4 is 12.6 Å². The van der Waals surface area contributed by atoms with Crippen LogP contribution in [0.25, 0.3) is 0 Å². The molecule has 0 bridgehead atoms. The fourth-order valence-corrected chi connectivity index (χ4v) is 2.71. The van der Waals surface area contributed by atoms with E-state index in [-0.39, 0.29) is 0 Å². The van der Waals surface area contributed by atoms with Crippen LogP contribution in [-0.2, 0) is 0 Å². The Morgan fingerprint density at radius 2 is 1.65 bits per heavy atom. The van der Waals surface area contributed by atoms with Gasteiger partial charge in [-0.05, 0) is 38.5 Å². The van der Waals surface area contributed by atoms with Gasteiger partial charge in [0.25, 0.3) is 0 Å². The highest BCUT2D eigenvalue weighted by Crippen LogP contribution is 2.10. The zero-order chi connectivity index (χ0) is 12.5. The van der Waals surface area contributed by atoms with Gasteiger partial charge in [-0.15, -0.1) is 0 Å². The molecule has 1 saturated heterocycles. The highest BCUT2D eigenvalue weighted by atomic mass is 32.1. The molecule has 0 amide bonds. The average molecular weight is 258 g/mol. The lowest BCUT2D eigenvalue weighted by atomic mass is 10.1. The van der Waals surface area contributed by atoms with Crippen LogP contribution in [0.1, 0.15) is 46.0 Å². The van der Waals surface area contributed by atoms with Crippen LogP contribution >= 0.6 is 12.6 Å². The molecular formula is C14H30N2S. The van der Waals surface area contributed by atoms with Gasteiger partial charge in [-0.2, -0.15) is 12.6 Å². The molecule has 0 spiro atoms. The molecule has 1 fully saturated rings. The number of piperazine rings is 1. The second kappa shape index (κ2) is 9.23. The number of rotatable bonds is 8. The average Bonchev–Trinajstić information content (AvgIpc) is 2.38. The van der Waals surface area contributed by atoms with Gasteiger partial charge in [0.05, 0.1) is 0 Å². The highest BCUT2D eigenvalue weighted by molar-refractivity contribution is 7.80. The molecule has 1 rings (SSSR count). The summed E-state index contributed by atoms with van der Waals surface area (Å²) in [5.74, 6) is 1.05. The van der Waals surface area contributed by atoms with Gasteiger partial charge < -0.3 is 4.90 Å². The molecule has 0 aromatic carbocycles. The Morgan fingerprint density at radius 3 is 2.24 bits per heavy atom. The molecule has 1 aliphatic heterocycles. The largest absolute Gasteiger partial charge is 0.301 e. The molecule has 0 N–H and O–H groups in total. The van der Waals surface area contributed by atoms with Crippen LogP contribution in [0.15, 0.2) is 0 Å². The summed E-state index contributed by atoms with van der Waals surface area (Å²) in [7, 11) is 0. The van der Waals surface area contributed by atoms with Crippen LogP contribution in [0.3, 0.4) is 0 Å². The van der Waals surface area contributed by atoms with Gasteiger partial charge >= 0.3 is 0 Å². The maximum atomic E-state index is 4.25. The fraction of sp³-hybridized carbons (Fsp3) is 1.00. The molecule has 1 heterocycles. The van der Waals surface area contributed by atoms with Crippen molar-refractivity contribution in [3.63, 3.8) is 0 Å². The summed E-state index contributed by atoms with van der Waals surface area (Å²) >= 11 is 4.25. The van der Waals surface area contributed by atoms with E-state index in [0.29, 0.717) is 0 Å². The monoisotopic (exact) mass is 258 g/mol. The number of hydrogen-bond acceptors (Lipinski definition) is 3. The molecule has 3 heteroatoms. The number of nitrogens with zero attached hydrogens (tertiary/aromatic N) is 2. The van der Waals surface area contributed by atoms with Crippen molar-refractivity contribution in [1.82, 2.24) is 9.80 Å². The molecule has 0 aromatic rings. The Labute approximate surface area is 113 Å². The molecule has 17 heavy (non-hydrogen) atoms. The van der Waals surface area contributed by atoms with Gasteiger partial charge in [0, 0.05) is 32.2 Å². The van der Waals surface area contributed by atoms with Crippen molar-refractivity contribution in [3.8, 4) is 0 Å². The van der Waals surface area contributed by atoms with Gasteiger partial charge in [0.2, 0.25) is 0 Å². The summed E-state index contributed by atoms with van der Waals surface area (Å²) in [4.78, 5) is 5.27. The SMILES string of the molecule is CCC(C)N1CCN(CCCCCCS)CC1. The molecule has 1 aliphatic rings. The minimum absolute atomic E-state index is 0.771. The normalized spacial score (nSPS) is 20.6. The lowest BCUT2D eigenvalue weighted by Crippen LogP contribution is -2.49. The Morgan fingerprint density at radius 1 is 1.00 bits per heavy atom. The molecule has 0 aromatic heterocycles. The van der Waals surface area contributed by atoms with E-state index in [1.807, 2.05) is 0 Å². The number of hydrogen-bond donors (Lipinski definition) is 1. The zero-order valence-electron chi connectivity index (χ0n) is 11.7. The maximum Gasteiger partial charge on any atom is 0.0113 e. The zero-order valence-corrected chi connectivity index (χ0v) is 12.6. The van der Waals surface area contributed by atoms with E-state index in [4.69, 9.17) is 0 Å². The van der Waals surface area contributed by atoms with Gasteiger partial charge in [0.15, 0.2) is 0 Å². The molecular weight excluding hydrogens is 228 g/mol. The molecule has 0 radical (unpaired) electrons. The minimum Gasteiger partial charge on any atom is -0.301 e. The maximum absolute atomic E-state index is 4.25. The molecule has 2 nitrogen and oxygen atoms in total. The minimum atomic E-state index is 0.771. The van der Waals surface area contributed by atoms with E-state index < -0.39 is 0 Å². The van der Waals surface area contributed by atoms with E-state index >= 15 is 0 Å². The second-order valence-corrected chi connectivity index (χ2v) is 5.72. The lowest BCUT2D eigenvalue weighted by molar-refractivity contribution is 0.0994. The molecule has 1 unspecified atom stereocenters. The summed E-state index contributed by atoms with van der Waals surface area (Å²) < 4.78 is 0. The summed E-state index contributed by atoms with van der Waals surface area (Å²) in [6.07, 6.45) is 6.67. The van der Waals surface area contributed by atoms with Crippen LogP contribution in [0, 0.1) is 0 Å². The van der Waals surface area contributed by atoms with Crippen LogP contribution in [0.5, 0.6) is 0 Å². The molecule has 0 aliphatic carbocycles. The van der Waals surface area contributed by atoms with E-state index in [1.165, 1.54) is 64.8 Å². The standard InChI is InChI=1S/C14H30N2S/c1-3-14(2)16-11-9-15(10-12-16)8-6-4-5-7-13-17/h14,17H,3-13H2,1-2H3. The first-order valence-corrected chi connectivity index (χ1v) is 7.98. The van der Waals surface area contributed by atoms with Crippen molar-refractivity contribution in [3.05, 3.63) is 0 Å². The van der Waals surface area contributed by atoms with Gasteiger partial charge in [-0.25, -0.2) is 0 Å². The second-order valence-electron chi connectivity index (χ2n) is 5.27. The predicted octanol–water partition coefficient (Wildman–Crippen LogP) is 2.89. The van der Waals surface area contributed by atoms with E-state index in [9.17, 15) is 0 Å². The van der Waals surface area contributed by atoms with E-state index in [0.717, 1.165) is 11.8 Å². The lowest BCUT2D eigenvalue weighted by Gasteiger charge is -2.37. The molecule has 102 valence electrons. The third-order valence-corrected chi connectivity index (χ3v) is 4.32. The quantitative estimate of drug-likeness (QED) is 0.528. The third kappa shape index (κ3) is 6.12. The fourth-order valence-electron chi connectivity index (χ4n) is 2.49. The first-order valence-electron chi connectivity index (χ1n) is 7.35. The van der Waals surface area contributed by atoms with Crippen molar-refractivity contribution in [2.45, 2.75) is 52.0 Å². The highest BCUT2D eigenvalue weighted by Gasteiger charge is 2.19. The van der Waals surface area contributed by atoms with E-state index in [2.05, 4.69) is 36.3 Å². The van der Waals surface area contributed by atoms with Crippen molar-refractivity contribution in [2.75, 3.05) is 38.5 Å². The third-order valence-electron chi connectivity index (χ3n) is 4.00. The van der Waals surface area contributed by atoms with Crippen molar-refractivity contribution in [2.24, 2.45) is 0 Å². The molecule has 1 atom stereocenters. The van der Waals surface area contributed by atoms with Crippen molar-refractivity contribution < 1.29 is 0 Å². The van der Waals surface area contributed by atoms with Crippen LogP contribution < -0.4 is 0 Å². The molecule has 0 saturated carbocycles. The summed E-state index contributed by atoms with van der Waals surface area (Å²) in [5.41, 5.74) is 0. The number of unbranched alkanes of at least 4 members (excludes halogenated alkanes) is 3. The Bertz CT molecular complexity index is 179. The Kier molecular flexibility index (Phi) is 8.33. The van der Waals surface area contributed by atoms with Gasteiger partial charge in [-0.3, -0.25) is 4.90 Å². The van der Waals surface area contributed by atoms with Gasteiger partial charge in [-0.1, -0.05) is 19.8 Å². The Balaban J connectivity index is 2.03. The van der Waals surface area contributed by atoms with Crippen LogP contribution in [0.4, 0.5) is 0 Å². The predicted molar refractivity (Wildman–Crippen MR) is 80.1 cm³/mol. The van der Waals surface area contributed by atoms with Crippen molar-refractivity contribution in [1.29, 1.82) is 0 Å². The van der Waals surface area contributed by atoms with Crippen LogP contribution in [0.2, 0.25) is 0 Å². The van der Waals surface area contributed by atoms with Gasteiger partial charge in [0.1, 0.15) is 0 Å². The first kappa shape index (κ1) is 15.3. The first-order chi connectivity index (χ1) is 8.27. The Hall–Kier alpha value is 0.270.